The Kier molecular flexibility index (Phi) is 5.92. The molecule has 1 aliphatic rings. The normalized spacial score (nSPS) is 15.7. The number of nitrogens with zero attached hydrogens (tertiary/aromatic N) is 6. The summed E-state index contributed by atoms with van der Waals surface area (Å²) in [6.07, 6.45) is 1.63. The number of benzene rings is 2. The van der Waals surface area contributed by atoms with Crippen LogP contribution in [0, 0.1) is 19.7 Å². The highest BCUT2D eigenvalue weighted by Crippen LogP contribution is 2.31. The van der Waals surface area contributed by atoms with E-state index in [1.165, 1.54) is 22.9 Å². The first-order valence-corrected chi connectivity index (χ1v) is 11.2. The van der Waals surface area contributed by atoms with Crippen LogP contribution in [0.3, 0.4) is 0 Å². The Morgan fingerprint density at radius 1 is 1.00 bits per heavy atom. The molecule has 0 saturated carbocycles. The van der Waals surface area contributed by atoms with Gasteiger partial charge in [0.05, 0.1) is 6.26 Å². The number of hydrogen-bond donors (Lipinski definition) is 0. The van der Waals surface area contributed by atoms with Gasteiger partial charge in [0, 0.05) is 37.4 Å². The zero-order chi connectivity index (χ0) is 22.8. The molecular formula is C25H27FN6O. The first kappa shape index (κ1) is 21.3. The van der Waals surface area contributed by atoms with Crippen LogP contribution in [-0.2, 0) is 6.54 Å². The number of hydrogen-bond acceptors (Lipinski definition) is 6. The van der Waals surface area contributed by atoms with Crippen LogP contribution in [0.2, 0.25) is 0 Å². The summed E-state index contributed by atoms with van der Waals surface area (Å²) in [7, 11) is 0. The molecule has 0 bridgehead atoms. The van der Waals surface area contributed by atoms with Crippen LogP contribution in [0.15, 0.2) is 65.3 Å². The van der Waals surface area contributed by atoms with E-state index in [0.717, 1.165) is 31.9 Å². The lowest BCUT2D eigenvalue weighted by Crippen LogP contribution is -2.48. The molecule has 5 rings (SSSR count). The molecule has 0 spiro atoms. The van der Waals surface area contributed by atoms with E-state index in [0.29, 0.717) is 17.9 Å². The average Bonchev–Trinajstić information content (AvgIpc) is 3.50. The van der Waals surface area contributed by atoms with Crippen molar-refractivity contribution in [2.45, 2.75) is 26.4 Å². The van der Waals surface area contributed by atoms with Gasteiger partial charge in [-0.2, -0.15) is 0 Å². The van der Waals surface area contributed by atoms with Crippen LogP contribution in [0.25, 0.3) is 0 Å². The molecule has 170 valence electrons. The predicted octanol–water partition coefficient (Wildman–Crippen LogP) is 3.98. The summed E-state index contributed by atoms with van der Waals surface area (Å²) >= 11 is 0. The minimum absolute atomic E-state index is 0.257. The minimum Gasteiger partial charge on any atom is -0.467 e. The lowest BCUT2D eigenvalue weighted by Gasteiger charge is -2.40. The lowest BCUT2D eigenvalue weighted by atomic mass is 10.0. The molecule has 3 heterocycles. The van der Waals surface area contributed by atoms with E-state index in [4.69, 9.17) is 4.42 Å². The quantitative estimate of drug-likeness (QED) is 0.446. The lowest BCUT2D eigenvalue weighted by molar-refractivity contribution is 0.197. The van der Waals surface area contributed by atoms with Gasteiger partial charge in [0.2, 0.25) is 0 Å². The highest BCUT2D eigenvalue weighted by atomic mass is 19.1. The monoisotopic (exact) mass is 446 g/mol. The molecule has 1 fully saturated rings. The van der Waals surface area contributed by atoms with Gasteiger partial charge in [-0.15, -0.1) is 5.10 Å². The fourth-order valence-corrected chi connectivity index (χ4v) is 4.55. The topological polar surface area (TPSA) is 63.2 Å². The van der Waals surface area contributed by atoms with Crippen LogP contribution < -0.4 is 4.90 Å². The number of rotatable bonds is 6. The summed E-state index contributed by atoms with van der Waals surface area (Å²) in [6.45, 7) is 7.87. The third-order valence-electron chi connectivity index (χ3n) is 6.27. The fourth-order valence-electron chi connectivity index (χ4n) is 4.55. The third kappa shape index (κ3) is 4.39. The van der Waals surface area contributed by atoms with Crippen molar-refractivity contribution < 1.29 is 8.81 Å². The second-order valence-corrected chi connectivity index (χ2v) is 8.51. The maximum absolute atomic E-state index is 15.0. The number of anilines is 1. The zero-order valence-electron chi connectivity index (χ0n) is 18.9. The van der Waals surface area contributed by atoms with E-state index in [1.807, 2.05) is 24.3 Å². The van der Waals surface area contributed by atoms with Crippen molar-refractivity contribution in [1.29, 1.82) is 0 Å². The van der Waals surface area contributed by atoms with Gasteiger partial charge in [-0.1, -0.05) is 30.3 Å². The van der Waals surface area contributed by atoms with Crippen molar-refractivity contribution in [2.24, 2.45) is 0 Å². The van der Waals surface area contributed by atoms with E-state index in [-0.39, 0.29) is 5.82 Å². The molecule has 33 heavy (non-hydrogen) atoms. The highest BCUT2D eigenvalue weighted by molar-refractivity contribution is 5.55. The molecule has 2 aromatic carbocycles. The van der Waals surface area contributed by atoms with Gasteiger partial charge in [-0.25, -0.2) is 9.07 Å². The SMILES string of the molecule is Cc1ccc(C)c(N2CCN(C(c3ccccc3F)c3nnnn3Cc3ccco3)CC2)c1. The molecule has 1 saturated heterocycles. The van der Waals surface area contributed by atoms with Crippen molar-refractivity contribution in [1.82, 2.24) is 25.1 Å². The predicted molar refractivity (Wildman–Crippen MR) is 124 cm³/mol. The van der Waals surface area contributed by atoms with E-state index < -0.39 is 6.04 Å². The number of tetrazole rings is 1. The van der Waals surface area contributed by atoms with Gasteiger partial charge >= 0.3 is 0 Å². The van der Waals surface area contributed by atoms with Crippen molar-refractivity contribution >= 4 is 5.69 Å². The van der Waals surface area contributed by atoms with Crippen molar-refractivity contribution in [3.05, 3.63) is 95.0 Å². The Morgan fingerprint density at radius 3 is 2.58 bits per heavy atom. The second-order valence-electron chi connectivity index (χ2n) is 8.51. The van der Waals surface area contributed by atoms with E-state index in [1.54, 1.807) is 17.0 Å². The number of aromatic nitrogens is 4. The van der Waals surface area contributed by atoms with Gasteiger partial charge in [0.15, 0.2) is 5.82 Å². The molecule has 7 nitrogen and oxygen atoms in total. The third-order valence-corrected chi connectivity index (χ3v) is 6.27. The largest absolute Gasteiger partial charge is 0.467 e. The Bertz CT molecular complexity index is 1210. The molecule has 0 amide bonds. The fraction of sp³-hybridized carbons (Fsp3) is 0.320. The Hall–Kier alpha value is -3.52. The Labute approximate surface area is 192 Å². The maximum atomic E-state index is 15.0. The molecule has 1 atom stereocenters. The average molecular weight is 447 g/mol. The van der Waals surface area contributed by atoms with E-state index >= 15 is 4.39 Å². The minimum atomic E-state index is -0.392. The van der Waals surface area contributed by atoms with Crippen LogP contribution in [0.5, 0.6) is 0 Å². The van der Waals surface area contributed by atoms with Crippen molar-refractivity contribution in [2.75, 3.05) is 31.1 Å². The molecule has 8 heteroatoms. The first-order chi connectivity index (χ1) is 16.1. The summed E-state index contributed by atoms with van der Waals surface area (Å²) < 4.78 is 22.2. The Balaban J connectivity index is 1.44. The number of piperazine rings is 1. The van der Waals surface area contributed by atoms with E-state index in [9.17, 15) is 0 Å². The molecule has 0 aliphatic carbocycles. The number of halogens is 1. The zero-order valence-corrected chi connectivity index (χ0v) is 18.9. The molecular weight excluding hydrogens is 419 g/mol. The van der Waals surface area contributed by atoms with Gasteiger partial charge in [-0.3, -0.25) is 4.90 Å². The summed E-state index contributed by atoms with van der Waals surface area (Å²) in [4.78, 5) is 4.67. The van der Waals surface area contributed by atoms with Crippen molar-refractivity contribution in [3.8, 4) is 0 Å². The molecule has 0 N–H and O–H groups in total. The number of furan rings is 1. The summed E-state index contributed by atoms with van der Waals surface area (Å²) in [5.74, 6) is 1.10. The van der Waals surface area contributed by atoms with Gasteiger partial charge in [0.1, 0.15) is 24.2 Å². The first-order valence-electron chi connectivity index (χ1n) is 11.2. The van der Waals surface area contributed by atoms with E-state index in [2.05, 4.69) is 57.4 Å². The van der Waals surface area contributed by atoms with Gasteiger partial charge in [-0.05, 0) is 59.7 Å². The van der Waals surface area contributed by atoms with Crippen LogP contribution in [0.4, 0.5) is 10.1 Å². The van der Waals surface area contributed by atoms with Crippen molar-refractivity contribution in [3.63, 3.8) is 0 Å². The second kappa shape index (κ2) is 9.15. The van der Waals surface area contributed by atoms with Gasteiger partial charge in [0.25, 0.3) is 0 Å². The van der Waals surface area contributed by atoms with Crippen LogP contribution in [0.1, 0.15) is 34.3 Å². The molecule has 2 aromatic heterocycles. The Morgan fingerprint density at radius 2 is 1.82 bits per heavy atom. The molecule has 1 aliphatic heterocycles. The van der Waals surface area contributed by atoms with Gasteiger partial charge < -0.3 is 9.32 Å². The number of aryl methyl sites for hydroxylation is 2. The summed E-state index contributed by atoms with van der Waals surface area (Å²) in [5.41, 5.74) is 4.36. The smallest absolute Gasteiger partial charge is 0.173 e. The summed E-state index contributed by atoms with van der Waals surface area (Å²) in [6, 6.07) is 16.8. The van der Waals surface area contributed by atoms with Crippen LogP contribution in [-0.4, -0.2) is 51.3 Å². The molecule has 4 aromatic rings. The summed E-state index contributed by atoms with van der Waals surface area (Å²) in [5, 5.41) is 12.4. The highest BCUT2D eigenvalue weighted by Gasteiger charge is 2.32. The molecule has 1 unspecified atom stereocenters. The maximum Gasteiger partial charge on any atom is 0.173 e. The standard InChI is InChI=1S/C25H27FN6O/c1-18-9-10-19(2)23(16-18)30-11-13-31(14-12-30)24(21-7-3-4-8-22(21)26)25-27-28-29-32(25)17-20-6-5-15-33-20/h3-10,15-16,24H,11-14,17H2,1-2H3. The molecule has 0 radical (unpaired) electrons. The van der Waals surface area contributed by atoms with Crippen LogP contribution >= 0.6 is 0 Å².